The lowest BCUT2D eigenvalue weighted by molar-refractivity contribution is 0.129. The zero-order valence-electron chi connectivity index (χ0n) is 12.3. The Morgan fingerprint density at radius 3 is 2.74 bits per heavy atom. The third kappa shape index (κ3) is 2.40. The summed E-state index contributed by atoms with van der Waals surface area (Å²) >= 11 is 0. The van der Waals surface area contributed by atoms with Gasteiger partial charge < -0.3 is 9.58 Å². The summed E-state index contributed by atoms with van der Waals surface area (Å²) in [6.45, 7) is 8.18. The van der Waals surface area contributed by atoms with Gasteiger partial charge in [0.25, 0.3) is 5.54 Å². The number of carbonyl (C=O) groups excluding carboxylic acids is 1. The molecule has 1 unspecified atom stereocenters. The SMILES string of the molecule is [C-]#[N+]C1(c2ccc(N3CC(Cn4cnnn4)OC3=O)cc2)CC1. The van der Waals surface area contributed by atoms with Crippen molar-refractivity contribution in [3.8, 4) is 0 Å². The Hall–Kier alpha value is -2.95. The molecule has 0 N–H and O–H groups in total. The number of aromatic nitrogens is 4. The molecule has 1 aromatic carbocycles. The molecular formula is C15H14N6O2. The van der Waals surface area contributed by atoms with Gasteiger partial charge in [0, 0.05) is 24.1 Å². The van der Waals surface area contributed by atoms with E-state index < -0.39 is 0 Å². The molecule has 2 fully saturated rings. The summed E-state index contributed by atoms with van der Waals surface area (Å²) in [6.07, 6.45) is 2.65. The van der Waals surface area contributed by atoms with Crippen molar-refractivity contribution in [2.75, 3.05) is 11.4 Å². The second-order valence-electron chi connectivity index (χ2n) is 5.84. The van der Waals surface area contributed by atoms with Crippen LogP contribution in [0.5, 0.6) is 0 Å². The van der Waals surface area contributed by atoms with Crippen LogP contribution in [0.15, 0.2) is 30.6 Å². The van der Waals surface area contributed by atoms with Gasteiger partial charge in [0.05, 0.1) is 13.1 Å². The summed E-state index contributed by atoms with van der Waals surface area (Å²) in [5.41, 5.74) is 1.47. The summed E-state index contributed by atoms with van der Waals surface area (Å²) in [5, 5.41) is 10.9. The molecule has 2 heterocycles. The van der Waals surface area contributed by atoms with E-state index in [1.54, 1.807) is 4.90 Å². The normalized spacial score (nSPS) is 21.8. The zero-order chi connectivity index (χ0) is 15.9. The van der Waals surface area contributed by atoms with Gasteiger partial charge in [-0.1, -0.05) is 0 Å². The molecule has 1 aliphatic carbocycles. The maximum absolute atomic E-state index is 12.1. The number of nitrogens with zero attached hydrogens (tertiary/aromatic N) is 6. The summed E-state index contributed by atoms with van der Waals surface area (Å²) in [6, 6.07) is 7.62. The minimum absolute atomic E-state index is 0.288. The van der Waals surface area contributed by atoms with Crippen molar-refractivity contribution < 1.29 is 9.53 Å². The lowest BCUT2D eigenvalue weighted by Crippen LogP contribution is -2.26. The zero-order valence-corrected chi connectivity index (χ0v) is 12.3. The first kappa shape index (κ1) is 13.7. The van der Waals surface area contributed by atoms with Crippen molar-refractivity contribution in [3.05, 3.63) is 47.6 Å². The van der Waals surface area contributed by atoms with Crippen molar-refractivity contribution >= 4 is 11.8 Å². The molecule has 8 heteroatoms. The molecule has 8 nitrogen and oxygen atoms in total. The van der Waals surface area contributed by atoms with E-state index in [1.807, 2.05) is 24.3 Å². The topological polar surface area (TPSA) is 77.5 Å². The minimum Gasteiger partial charge on any atom is -0.442 e. The van der Waals surface area contributed by atoms with Crippen LogP contribution in [-0.2, 0) is 16.8 Å². The average Bonchev–Trinajstić information content (AvgIpc) is 3.05. The Kier molecular flexibility index (Phi) is 3.01. The van der Waals surface area contributed by atoms with Crippen LogP contribution in [-0.4, -0.2) is 38.9 Å². The summed E-state index contributed by atoms with van der Waals surface area (Å²) in [7, 11) is 0. The molecule has 4 rings (SSSR count). The highest BCUT2D eigenvalue weighted by atomic mass is 16.6. The van der Waals surface area contributed by atoms with Gasteiger partial charge in [-0.25, -0.2) is 16.0 Å². The number of ether oxygens (including phenoxy) is 1. The van der Waals surface area contributed by atoms with Crippen LogP contribution >= 0.6 is 0 Å². The number of anilines is 1. The molecule has 0 bridgehead atoms. The van der Waals surface area contributed by atoms with E-state index in [-0.39, 0.29) is 17.7 Å². The lowest BCUT2D eigenvalue weighted by Gasteiger charge is -2.13. The predicted molar refractivity (Wildman–Crippen MR) is 79.4 cm³/mol. The van der Waals surface area contributed by atoms with Gasteiger partial charge >= 0.3 is 6.09 Å². The van der Waals surface area contributed by atoms with Crippen LogP contribution < -0.4 is 4.90 Å². The van der Waals surface area contributed by atoms with E-state index in [0.717, 1.165) is 24.1 Å². The average molecular weight is 310 g/mol. The smallest absolute Gasteiger partial charge is 0.414 e. The quantitative estimate of drug-likeness (QED) is 0.802. The first-order valence-corrected chi connectivity index (χ1v) is 7.38. The molecule has 0 radical (unpaired) electrons. The molecule has 0 spiro atoms. The summed E-state index contributed by atoms with van der Waals surface area (Å²) < 4.78 is 6.89. The third-order valence-electron chi connectivity index (χ3n) is 4.31. The van der Waals surface area contributed by atoms with Gasteiger partial charge in [0.15, 0.2) is 0 Å². The maximum atomic E-state index is 12.1. The van der Waals surface area contributed by atoms with Crippen LogP contribution in [0, 0.1) is 6.57 Å². The third-order valence-corrected chi connectivity index (χ3v) is 4.31. The van der Waals surface area contributed by atoms with Gasteiger partial charge in [-0.05, 0) is 34.7 Å². The largest absolute Gasteiger partial charge is 0.442 e. The van der Waals surface area contributed by atoms with Crippen molar-refractivity contribution in [1.82, 2.24) is 20.2 Å². The number of hydrogen-bond donors (Lipinski definition) is 0. The Labute approximate surface area is 132 Å². The second-order valence-corrected chi connectivity index (χ2v) is 5.84. The molecule has 2 aliphatic rings. The molecule has 2 aromatic rings. The monoisotopic (exact) mass is 310 g/mol. The Balaban J connectivity index is 1.48. The maximum Gasteiger partial charge on any atom is 0.414 e. The van der Waals surface area contributed by atoms with E-state index in [2.05, 4.69) is 20.4 Å². The predicted octanol–water partition coefficient (Wildman–Crippen LogP) is 1.61. The molecule has 1 saturated heterocycles. The molecule has 1 amide bonds. The van der Waals surface area contributed by atoms with Crippen molar-refractivity contribution in [2.24, 2.45) is 0 Å². The highest BCUT2D eigenvalue weighted by molar-refractivity contribution is 5.89. The first-order valence-electron chi connectivity index (χ1n) is 7.38. The van der Waals surface area contributed by atoms with E-state index in [4.69, 9.17) is 11.3 Å². The van der Waals surface area contributed by atoms with Gasteiger partial charge in [-0.15, -0.1) is 5.10 Å². The number of benzene rings is 1. The number of tetrazole rings is 1. The molecule has 1 aromatic heterocycles. The Morgan fingerprint density at radius 1 is 1.35 bits per heavy atom. The van der Waals surface area contributed by atoms with E-state index >= 15 is 0 Å². The lowest BCUT2D eigenvalue weighted by atomic mass is 10.1. The Morgan fingerprint density at radius 2 is 2.13 bits per heavy atom. The molecule has 1 atom stereocenters. The van der Waals surface area contributed by atoms with E-state index in [9.17, 15) is 4.79 Å². The molecule has 1 saturated carbocycles. The van der Waals surface area contributed by atoms with Crippen LogP contribution in [0.3, 0.4) is 0 Å². The van der Waals surface area contributed by atoms with Gasteiger partial charge in [-0.2, -0.15) is 0 Å². The first-order chi connectivity index (χ1) is 11.2. The second kappa shape index (κ2) is 5.05. The Bertz CT molecular complexity index is 760. The molecule has 1 aliphatic heterocycles. The molecule has 116 valence electrons. The standard InChI is InChI=1S/C15H14N6O2/c1-16-15(6-7-15)11-2-4-12(5-3-11)21-9-13(23-14(21)22)8-20-10-17-18-19-20/h2-5,10,13H,6-9H2. The van der Waals surface area contributed by atoms with Gasteiger partial charge in [0.1, 0.15) is 12.4 Å². The fourth-order valence-corrected chi connectivity index (χ4v) is 2.84. The van der Waals surface area contributed by atoms with Crippen LogP contribution in [0.2, 0.25) is 0 Å². The number of hydrogen-bond acceptors (Lipinski definition) is 5. The highest BCUT2D eigenvalue weighted by Gasteiger charge is 2.52. The van der Waals surface area contributed by atoms with E-state index in [0.29, 0.717) is 13.1 Å². The van der Waals surface area contributed by atoms with Crippen molar-refractivity contribution in [2.45, 2.75) is 31.0 Å². The van der Waals surface area contributed by atoms with Crippen molar-refractivity contribution in [1.29, 1.82) is 0 Å². The number of cyclic esters (lactones) is 1. The number of rotatable bonds is 4. The summed E-state index contributed by atoms with van der Waals surface area (Å²) in [4.78, 5) is 17.4. The van der Waals surface area contributed by atoms with Crippen molar-refractivity contribution in [3.63, 3.8) is 0 Å². The fourth-order valence-electron chi connectivity index (χ4n) is 2.84. The molecular weight excluding hydrogens is 296 g/mol. The van der Waals surface area contributed by atoms with Crippen LogP contribution in [0.25, 0.3) is 4.85 Å². The number of carbonyl (C=O) groups is 1. The van der Waals surface area contributed by atoms with Crippen LogP contribution in [0.4, 0.5) is 10.5 Å². The van der Waals surface area contributed by atoms with Gasteiger partial charge in [0.2, 0.25) is 0 Å². The highest BCUT2D eigenvalue weighted by Crippen LogP contribution is 2.49. The van der Waals surface area contributed by atoms with E-state index in [1.165, 1.54) is 11.0 Å². The van der Waals surface area contributed by atoms with Crippen LogP contribution in [0.1, 0.15) is 18.4 Å². The number of amides is 1. The fraction of sp³-hybridized carbons (Fsp3) is 0.400. The summed E-state index contributed by atoms with van der Waals surface area (Å²) in [5.74, 6) is 0. The van der Waals surface area contributed by atoms with Gasteiger partial charge in [-0.3, -0.25) is 4.90 Å². The minimum atomic E-state index is -0.373. The molecule has 23 heavy (non-hydrogen) atoms.